The lowest BCUT2D eigenvalue weighted by molar-refractivity contribution is -0.136. The van der Waals surface area contributed by atoms with Gasteiger partial charge in [0.15, 0.2) is 5.76 Å². The summed E-state index contributed by atoms with van der Waals surface area (Å²) in [5.74, 6) is -0.164. The lowest BCUT2D eigenvalue weighted by Gasteiger charge is -2.31. The van der Waals surface area contributed by atoms with Gasteiger partial charge in [-0.1, -0.05) is 18.2 Å². The normalized spacial score (nSPS) is 14.0. The van der Waals surface area contributed by atoms with Gasteiger partial charge in [-0.2, -0.15) is 0 Å². The number of benzene rings is 2. The Morgan fingerprint density at radius 3 is 2.47 bits per heavy atom. The maximum Gasteiger partial charge on any atom is 0.313 e. The van der Waals surface area contributed by atoms with Crippen LogP contribution >= 0.6 is 0 Å². The molecule has 0 saturated carbocycles. The van der Waals surface area contributed by atoms with Crippen molar-refractivity contribution in [1.82, 2.24) is 10.2 Å². The highest BCUT2D eigenvalue weighted by molar-refractivity contribution is 6.39. The van der Waals surface area contributed by atoms with Crippen molar-refractivity contribution in [2.24, 2.45) is 5.92 Å². The van der Waals surface area contributed by atoms with E-state index in [1.54, 1.807) is 29.2 Å². The summed E-state index contributed by atoms with van der Waals surface area (Å²) in [5.41, 5.74) is 1.06. The second-order valence-corrected chi connectivity index (χ2v) is 8.11. The van der Waals surface area contributed by atoms with Crippen LogP contribution in [0.3, 0.4) is 0 Å². The Bertz CT molecular complexity index is 1160. The Kier molecular flexibility index (Phi) is 7.01. The van der Waals surface area contributed by atoms with Crippen LogP contribution in [0.15, 0.2) is 52.9 Å². The van der Waals surface area contributed by atoms with Crippen molar-refractivity contribution in [1.29, 1.82) is 0 Å². The van der Waals surface area contributed by atoms with Gasteiger partial charge in [-0.25, -0.2) is 0 Å². The van der Waals surface area contributed by atoms with E-state index in [4.69, 9.17) is 13.9 Å². The molecule has 4 rings (SSSR count). The average Bonchev–Trinajstić information content (AvgIpc) is 3.31. The van der Waals surface area contributed by atoms with Crippen molar-refractivity contribution < 1.29 is 28.3 Å². The standard InChI is InChI=1S/C25H27N3O6/c1-32-18-7-8-19(21(14-18)33-2)27-24(30)23(29)26-15-16-9-11-28(12-10-16)25(31)22-13-17-5-3-4-6-20(17)34-22/h3-8,13-14,16H,9-12,15H2,1-2H3,(H,26,29)(H,27,30). The van der Waals surface area contributed by atoms with Crippen LogP contribution in [0, 0.1) is 5.92 Å². The van der Waals surface area contributed by atoms with E-state index in [2.05, 4.69) is 10.6 Å². The molecular formula is C25H27N3O6. The monoisotopic (exact) mass is 465 g/mol. The minimum Gasteiger partial charge on any atom is -0.497 e. The molecule has 0 aliphatic carbocycles. The number of ether oxygens (including phenoxy) is 2. The highest BCUT2D eigenvalue weighted by Gasteiger charge is 2.26. The van der Waals surface area contributed by atoms with Gasteiger partial charge in [0.1, 0.15) is 17.1 Å². The van der Waals surface area contributed by atoms with Gasteiger partial charge in [0.25, 0.3) is 5.91 Å². The van der Waals surface area contributed by atoms with E-state index in [0.29, 0.717) is 48.2 Å². The molecule has 9 heteroatoms. The first-order valence-corrected chi connectivity index (χ1v) is 11.1. The van der Waals surface area contributed by atoms with Gasteiger partial charge in [-0.05, 0) is 43.0 Å². The molecule has 178 valence electrons. The Morgan fingerprint density at radius 1 is 1.00 bits per heavy atom. The molecule has 0 spiro atoms. The zero-order chi connectivity index (χ0) is 24.1. The topological polar surface area (TPSA) is 110 Å². The number of nitrogens with zero attached hydrogens (tertiary/aromatic N) is 1. The van der Waals surface area contributed by atoms with E-state index < -0.39 is 11.8 Å². The molecule has 2 heterocycles. The number of hydrogen-bond donors (Lipinski definition) is 2. The number of fused-ring (bicyclic) bond motifs is 1. The van der Waals surface area contributed by atoms with Crippen LogP contribution in [0.5, 0.6) is 11.5 Å². The van der Waals surface area contributed by atoms with Gasteiger partial charge in [-0.15, -0.1) is 0 Å². The van der Waals surface area contributed by atoms with Crippen molar-refractivity contribution in [3.05, 3.63) is 54.3 Å². The van der Waals surface area contributed by atoms with E-state index in [-0.39, 0.29) is 11.8 Å². The number of anilines is 1. The number of likely N-dealkylation sites (tertiary alicyclic amines) is 1. The molecule has 34 heavy (non-hydrogen) atoms. The summed E-state index contributed by atoms with van der Waals surface area (Å²) in [7, 11) is 3.00. The molecule has 3 amide bonds. The molecule has 0 radical (unpaired) electrons. The second kappa shape index (κ2) is 10.3. The van der Waals surface area contributed by atoms with Crippen LogP contribution in [0.4, 0.5) is 5.69 Å². The number of carbonyl (C=O) groups excluding carboxylic acids is 3. The van der Waals surface area contributed by atoms with E-state index in [1.807, 2.05) is 24.3 Å². The predicted octanol–water partition coefficient (Wildman–Crippen LogP) is 3.06. The largest absolute Gasteiger partial charge is 0.497 e. The molecule has 2 N–H and O–H groups in total. The van der Waals surface area contributed by atoms with Gasteiger partial charge >= 0.3 is 11.8 Å². The summed E-state index contributed by atoms with van der Waals surface area (Å²) < 4.78 is 16.1. The molecule has 0 atom stereocenters. The molecule has 0 bridgehead atoms. The maximum absolute atomic E-state index is 12.8. The minimum atomic E-state index is -0.777. The fourth-order valence-corrected chi connectivity index (χ4v) is 3.98. The number of rotatable bonds is 6. The van der Waals surface area contributed by atoms with Gasteiger partial charge in [0.2, 0.25) is 0 Å². The summed E-state index contributed by atoms with van der Waals surface area (Å²) in [5, 5.41) is 6.14. The molecular weight excluding hydrogens is 438 g/mol. The van der Waals surface area contributed by atoms with Crippen molar-refractivity contribution in [2.45, 2.75) is 12.8 Å². The van der Waals surface area contributed by atoms with Crippen LogP contribution in [0.1, 0.15) is 23.4 Å². The van der Waals surface area contributed by atoms with Crippen LogP contribution in [0.2, 0.25) is 0 Å². The summed E-state index contributed by atoms with van der Waals surface area (Å²) in [6, 6.07) is 14.2. The third kappa shape index (κ3) is 5.14. The van der Waals surface area contributed by atoms with Crippen molar-refractivity contribution >= 4 is 34.4 Å². The lowest BCUT2D eigenvalue weighted by atomic mass is 9.96. The molecule has 1 aliphatic rings. The molecule has 9 nitrogen and oxygen atoms in total. The number of hydrogen-bond acceptors (Lipinski definition) is 6. The summed E-state index contributed by atoms with van der Waals surface area (Å²) in [6.45, 7) is 1.48. The van der Waals surface area contributed by atoms with Crippen LogP contribution in [-0.2, 0) is 9.59 Å². The number of carbonyl (C=O) groups is 3. The van der Waals surface area contributed by atoms with Gasteiger partial charge in [0.05, 0.1) is 19.9 Å². The van der Waals surface area contributed by atoms with E-state index in [9.17, 15) is 14.4 Å². The van der Waals surface area contributed by atoms with Crippen LogP contribution in [-0.4, -0.2) is 56.5 Å². The average molecular weight is 466 g/mol. The minimum absolute atomic E-state index is 0.133. The number of piperidine rings is 1. The van der Waals surface area contributed by atoms with Crippen molar-refractivity contribution in [2.75, 3.05) is 39.2 Å². The molecule has 2 aromatic carbocycles. The van der Waals surface area contributed by atoms with Crippen molar-refractivity contribution in [3.63, 3.8) is 0 Å². The second-order valence-electron chi connectivity index (χ2n) is 8.11. The first kappa shape index (κ1) is 23.2. The fraction of sp³-hybridized carbons (Fsp3) is 0.320. The van der Waals surface area contributed by atoms with E-state index in [0.717, 1.165) is 18.2 Å². The first-order valence-electron chi connectivity index (χ1n) is 11.1. The summed E-state index contributed by atoms with van der Waals surface area (Å²) >= 11 is 0. The van der Waals surface area contributed by atoms with Gasteiger partial charge in [-0.3, -0.25) is 14.4 Å². The fourth-order valence-electron chi connectivity index (χ4n) is 3.98. The SMILES string of the molecule is COc1ccc(NC(=O)C(=O)NCC2CCN(C(=O)c3cc4ccccc4o3)CC2)c(OC)c1. The summed E-state index contributed by atoms with van der Waals surface area (Å²) in [6.07, 6.45) is 1.44. The van der Waals surface area contributed by atoms with Crippen molar-refractivity contribution in [3.8, 4) is 11.5 Å². The third-order valence-corrected chi connectivity index (χ3v) is 5.95. The quantitative estimate of drug-likeness (QED) is 0.542. The Labute approximate surface area is 197 Å². The smallest absolute Gasteiger partial charge is 0.313 e. The Balaban J connectivity index is 1.24. The molecule has 1 fully saturated rings. The van der Waals surface area contributed by atoms with Gasteiger partial charge in [0, 0.05) is 31.1 Å². The maximum atomic E-state index is 12.8. The van der Waals surface area contributed by atoms with Crippen LogP contribution in [0.25, 0.3) is 11.0 Å². The number of furan rings is 1. The zero-order valence-corrected chi connectivity index (χ0v) is 19.1. The molecule has 3 aromatic rings. The van der Waals surface area contributed by atoms with Gasteiger partial charge < -0.3 is 29.4 Å². The number of methoxy groups -OCH3 is 2. The molecule has 0 unspecified atom stereocenters. The molecule has 1 aromatic heterocycles. The lowest BCUT2D eigenvalue weighted by Crippen LogP contribution is -2.43. The molecule has 1 saturated heterocycles. The van der Waals surface area contributed by atoms with E-state index >= 15 is 0 Å². The molecule has 1 aliphatic heterocycles. The highest BCUT2D eigenvalue weighted by Crippen LogP contribution is 2.29. The first-order chi connectivity index (χ1) is 16.5. The zero-order valence-electron chi connectivity index (χ0n) is 19.1. The van der Waals surface area contributed by atoms with Crippen LogP contribution < -0.4 is 20.1 Å². The highest BCUT2D eigenvalue weighted by atomic mass is 16.5. The Morgan fingerprint density at radius 2 is 1.76 bits per heavy atom. The number of para-hydroxylation sites is 1. The predicted molar refractivity (Wildman–Crippen MR) is 126 cm³/mol. The number of nitrogens with one attached hydrogen (secondary N) is 2. The number of amides is 3. The van der Waals surface area contributed by atoms with E-state index in [1.165, 1.54) is 14.2 Å². The Hall–Kier alpha value is -4.01. The third-order valence-electron chi connectivity index (χ3n) is 5.95. The summed E-state index contributed by atoms with van der Waals surface area (Å²) in [4.78, 5) is 39.1.